The molecule has 5 heterocycles. The third-order valence-corrected chi connectivity index (χ3v) is 49.6. The van der Waals surface area contributed by atoms with Gasteiger partial charge >= 0.3 is 5.97 Å². The molecule has 13 aromatic carbocycles. The van der Waals surface area contributed by atoms with Gasteiger partial charge in [0.15, 0.2) is 37.6 Å². The fourth-order valence-corrected chi connectivity index (χ4v) is 40.7. The quantitative estimate of drug-likeness (QED) is 0.0237. The normalized spacial score (nSPS) is 25.0. The summed E-state index contributed by atoms with van der Waals surface area (Å²) in [5, 5.41) is 46.4. The summed E-state index contributed by atoms with van der Waals surface area (Å²) < 4.78 is 134. The zero-order valence-electron chi connectivity index (χ0n) is 87.5. The molecule has 0 unspecified atom stereocenters. The molecule has 0 aromatic heterocycles. The zero-order chi connectivity index (χ0) is 105. The van der Waals surface area contributed by atoms with E-state index in [-0.39, 0.29) is 58.4 Å². The smallest absolute Gasteiger partial charge is 0.338 e. The van der Waals surface area contributed by atoms with E-state index in [4.69, 9.17) is 84.0 Å². The zero-order valence-corrected chi connectivity index (χ0v) is 91.5. The molecule has 0 aliphatic carbocycles. The molecule has 150 heavy (non-hydrogen) atoms. The molecule has 20 atom stereocenters. The Hall–Kier alpha value is -10.6. The minimum Gasteiger partial charge on any atom is -0.450 e. The summed E-state index contributed by atoms with van der Waals surface area (Å²) in [6, 6.07) is 130. The van der Waals surface area contributed by atoms with Crippen LogP contribution in [-0.4, -0.2) is 211 Å². The van der Waals surface area contributed by atoms with Crippen LogP contribution in [0, 0.1) is 0 Å². The maximum atomic E-state index is 15.2. The maximum Gasteiger partial charge on any atom is 0.338 e. The van der Waals surface area contributed by atoms with Crippen LogP contribution in [0.1, 0.15) is 116 Å². The standard InChI is InChI=1S/C124H142O22Si4/c1-121(2,3)147(92-62-36-18-37-63-92,93-64-38-19-39-65-93)134-83-101-107(129-78-87-52-26-13-27-53-87)105(125)117(139-101)145-113-109(131-80-89-56-30-15-31-57-89)103(85-136-149(123(7,8)9,96-70-44-22-45-71-96)97-72-46-23-47-73-97)141-119(113)133-82-100-111(112(116(128)138-100)143-115(127)91-60-34-17-35-61-91)144-120-114(110(132-81-90-58-32-16-33-59-90)104(142-120)86-137-150(124(10,11)12,98-74-48-24-49-75-98)99-76-50-25-51-77-99)146-118-106(126)108(130-79-88-54-28-14-29-55-88)102(140-118)84-135-148(122(4,5)6,94-66-40-20-41-67-94)95-68-42-21-43-69-95/h13-77,100-114,116-120,125-126,128H,78-86H2,1-12H3/t100-,101-,102-,103-,104-,105+,106+,107-,108-,109-,110-,111-,112+,113+,114+,116+,117+,118+,119+,120-/m1/s1. The van der Waals surface area contributed by atoms with Crippen molar-refractivity contribution in [1.82, 2.24) is 0 Å². The highest BCUT2D eigenvalue weighted by Gasteiger charge is 2.63. The fraction of sp³-hybridized carbons (Fsp3) is 0.363. The molecule has 22 nitrogen and oxygen atoms in total. The fourth-order valence-electron chi connectivity index (χ4n) is 22.4. The lowest BCUT2D eigenvalue weighted by Crippen LogP contribution is -2.67. The van der Waals surface area contributed by atoms with E-state index in [1.54, 1.807) is 30.3 Å². The summed E-state index contributed by atoms with van der Waals surface area (Å²) in [6.45, 7) is 25.8. The van der Waals surface area contributed by atoms with Crippen molar-refractivity contribution in [2.45, 2.75) is 253 Å². The van der Waals surface area contributed by atoms with Crippen molar-refractivity contribution >= 4 is 80.7 Å². The predicted octanol–water partition coefficient (Wildman–Crippen LogP) is 16.4. The first-order valence-corrected chi connectivity index (χ1v) is 60.0. The van der Waals surface area contributed by atoms with Crippen LogP contribution in [0.25, 0.3) is 0 Å². The van der Waals surface area contributed by atoms with Crippen molar-refractivity contribution < 1.29 is 104 Å². The number of hydrogen-bond acceptors (Lipinski definition) is 22. The monoisotopic (exact) mass is 2090 g/mol. The minimum atomic E-state index is -3.49. The van der Waals surface area contributed by atoms with Crippen LogP contribution in [0.5, 0.6) is 0 Å². The van der Waals surface area contributed by atoms with Crippen LogP contribution in [0.15, 0.2) is 394 Å². The number of hydrogen-bond donors (Lipinski definition) is 3. The molecule has 0 spiro atoms. The number of aliphatic hydroxyl groups is 3. The minimum absolute atomic E-state index is 0.00727. The van der Waals surface area contributed by atoms with Crippen LogP contribution in [0.2, 0.25) is 20.2 Å². The second-order valence-corrected chi connectivity index (χ2v) is 60.8. The second kappa shape index (κ2) is 48.8. The van der Waals surface area contributed by atoms with E-state index in [0.29, 0.717) is 0 Å². The van der Waals surface area contributed by atoms with Crippen LogP contribution < -0.4 is 41.5 Å². The van der Waals surface area contributed by atoms with Crippen LogP contribution in [0.4, 0.5) is 0 Å². The Balaban J connectivity index is 0.754. The molecule has 18 rings (SSSR count). The Morgan fingerprint density at radius 1 is 0.233 bits per heavy atom. The van der Waals surface area contributed by atoms with Gasteiger partial charge in [0, 0.05) is 0 Å². The summed E-state index contributed by atoms with van der Waals surface area (Å²) >= 11 is 0. The molecular formula is C124H142O22Si4. The van der Waals surface area contributed by atoms with Gasteiger partial charge < -0.3 is 99.3 Å². The molecule has 5 aliphatic rings. The number of rotatable bonds is 43. The molecule has 26 heteroatoms. The average molecular weight is 2100 g/mol. The lowest BCUT2D eigenvalue weighted by Gasteiger charge is -2.43. The Morgan fingerprint density at radius 2 is 0.447 bits per heavy atom. The molecule has 13 aromatic rings. The molecule has 0 amide bonds. The first-order chi connectivity index (χ1) is 72.5. The topological polar surface area (TPSA) is 244 Å². The molecule has 0 radical (unpaired) electrons. The van der Waals surface area contributed by atoms with Crippen molar-refractivity contribution in [3.63, 3.8) is 0 Å². The summed E-state index contributed by atoms with van der Waals surface area (Å²) in [7, 11) is -13.6. The number of benzene rings is 13. The molecular weight excluding hydrogens is 1950 g/mol. The Bertz CT molecular complexity index is 6140. The van der Waals surface area contributed by atoms with Crippen LogP contribution in [-0.2, 0) is 110 Å². The van der Waals surface area contributed by atoms with E-state index in [1.165, 1.54) is 0 Å². The van der Waals surface area contributed by atoms with Crippen LogP contribution in [0.3, 0.4) is 0 Å². The van der Waals surface area contributed by atoms with Crippen molar-refractivity contribution in [3.8, 4) is 0 Å². The summed E-state index contributed by atoms with van der Waals surface area (Å²) in [5.74, 6) is -0.819. The van der Waals surface area contributed by atoms with Gasteiger partial charge in [-0.25, -0.2) is 4.79 Å². The molecule has 5 aliphatic heterocycles. The Kier molecular flexibility index (Phi) is 35.5. The van der Waals surface area contributed by atoms with Gasteiger partial charge in [0.25, 0.3) is 33.3 Å². The number of ether oxygens (including phenoxy) is 14. The average Bonchev–Trinajstić information content (AvgIpc) is 0.896. The Labute approximate surface area is 886 Å². The van der Waals surface area contributed by atoms with Crippen LogP contribution >= 0.6 is 0 Å². The molecule has 5 saturated heterocycles. The van der Waals surface area contributed by atoms with E-state index in [9.17, 15) is 15.3 Å². The number of carbonyl (C=O) groups excluding carboxylic acids is 1. The Morgan fingerprint density at radius 3 is 0.713 bits per heavy atom. The number of aliphatic hydroxyl groups excluding tert-OH is 3. The van der Waals surface area contributed by atoms with Gasteiger partial charge in [-0.3, -0.25) is 0 Å². The van der Waals surface area contributed by atoms with Crippen molar-refractivity contribution in [1.29, 1.82) is 0 Å². The number of carbonyl (C=O) groups is 1. The maximum absolute atomic E-state index is 15.2. The highest BCUT2D eigenvalue weighted by atomic mass is 28.4. The molecule has 5 fully saturated rings. The lowest BCUT2D eigenvalue weighted by atomic mass is 10.1. The third kappa shape index (κ3) is 24.0. The van der Waals surface area contributed by atoms with E-state index in [0.717, 1.165) is 63.7 Å². The predicted molar refractivity (Wildman–Crippen MR) is 588 cm³/mol. The van der Waals surface area contributed by atoms with E-state index >= 15 is 4.79 Å². The largest absolute Gasteiger partial charge is 0.450 e. The molecule has 0 saturated carbocycles. The van der Waals surface area contributed by atoms with Gasteiger partial charge in [-0.15, -0.1) is 0 Å². The SMILES string of the molecule is CC(C)(C)[Si](OC[C@H]1O[C@@H](O[C@@H]2[C@@H](OC[C@H]3O[C@H](O)[C@@H](OC(=O)c4ccccc4)[C@@H]3O[C@H]3O[C@H](CO[Si](c4ccccc4)(c4ccccc4)C(C)(C)C)[C@@H](OCc4ccccc4)[C@@H]3O[C@@H]3O[C@H](CO[Si](c4ccccc4)(c4ccccc4)C(C)(C)C)[C@@H](OCc4ccccc4)[C@@H]3O)O[C@H](CO[Si](c3ccccc3)(c3ccccc3)C(C)(C)C)[C@H]2OCc2ccccc2)[C@@H](O)[C@@H]1OCc1ccccc1)(c1ccccc1)c1ccccc1. The van der Waals surface area contributed by atoms with Crippen molar-refractivity contribution in [3.05, 3.63) is 422 Å². The first-order valence-electron chi connectivity index (χ1n) is 52.3. The highest BCUT2D eigenvalue weighted by Crippen LogP contribution is 2.47. The highest BCUT2D eigenvalue weighted by molar-refractivity contribution is 7.01. The van der Waals surface area contributed by atoms with Gasteiger partial charge in [-0.1, -0.05) is 465 Å². The molecule has 3 N–H and O–H groups in total. The second-order valence-electron chi connectivity index (χ2n) is 43.5. The van der Waals surface area contributed by atoms with E-state index in [1.807, 2.05) is 267 Å². The van der Waals surface area contributed by atoms with E-state index in [2.05, 4.69) is 180 Å². The van der Waals surface area contributed by atoms with Gasteiger partial charge in [0.1, 0.15) is 85.5 Å². The first kappa shape index (κ1) is 109. The van der Waals surface area contributed by atoms with E-state index < -0.39 is 189 Å². The van der Waals surface area contributed by atoms with Crippen molar-refractivity contribution in [2.24, 2.45) is 0 Å². The number of esters is 1. The van der Waals surface area contributed by atoms with Gasteiger partial charge in [-0.2, -0.15) is 0 Å². The van der Waals surface area contributed by atoms with Crippen molar-refractivity contribution in [2.75, 3.05) is 33.0 Å². The third-order valence-electron chi connectivity index (χ3n) is 29.6. The van der Waals surface area contributed by atoms with Gasteiger partial charge in [0.2, 0.25) is 0 Å². The lowest BCUT2D eigenvalue weighted by molar-refractivity contribution is -0.271. The summed E-state index contributed by atoms with van der Waals surface area (Å²) in [4.78, 5) is 15.2. The van der Waals surface area contributed by atoms with Gasteiger partial charge in [0.05, 0.1) is 65.0 Å². The summed E-state index contributed by atoms with van der Waals surface area (Å²) in [6.07, 6.45) is -27.2. The molecule has 786 valence electrons. The molecule has 0 bridgehead atoms. The summed E-state index contributed by atoms with van der Waals surface area (Å²) in [5.41, 5.74) is 3.50. The van der Waals surface area contributed by atoms with Gasteiger partial charge in [-0.05, 0) is 96.0 Å².